The summed E-state index contributed by atoms with van der Waals surface area (Å²) < 4.78 is 8.13. The van der Waals surface area contributed by atoms with Gasteiger partial charge in [-0.25, -0.2) is 0 Å². The number of phenols is 1. The molecule has 78 valence electrons. The van der Waals surface area contributed by atoms with Gasteiger partial charge < -0.3 is 5.11 Å². The number of phenolic OH excluding ortho intramolecular Hbond substituents is 1. The topological polar surface area (TPSA) is 37.3 Å². The van der Waals surface area contributed by atoms with E-state index in [9.17, 15) is 4.79 Å². The standard InChI is InChI=1S/C13H7IO2/c14-9-5-7-1-3-10(15)13-11(16)4-2-8(6-9)12(7)13/h1-6,15H/i/hD. The molecule has 0 bridgehead atoms. The molecule has 0 radical (unpaired) electrons. The highest BCUT2D eigenvalue weighted by molar-refractivity contribution is 14.1. The van der Waals surface area contributed by atoms with Gasteiger partial charge in [-0.2, -0.15) is 0 Å². The van der Waals surface area contributed by atoms with Gasteiger partial charge in [-0.15, -0.1) is 0 Å². The summed E-state index contributed by atoms with van der Waals surface area (Å²) >= 11 is 2.25. The highest BCUT2D eigenvalue weighted by atomic mass is 127. The second-order valence-electron chi connectivity index (χ2n) is 3.73. The molecule has 2 nitrogen and oxygen atoms in total. The summed E-state index contributed by atoms with van der Waals surface area (Å²) in [6.45, 7) is 0. The number of hydrogen-bond donors (Lipinski definition) is 1. The SMILES string of the molecule is [2H]Oc1ccc2cc(I)cc3c2c1C(=O)C=C3. The molecule has 2 aromatic carbocycles. The van der Waals surface area contributed by atoms with Gasteiger partial charge in [-0.05, 0) is 57.8 Å². The molecule has 0 heterocycles. The molecule has 3 rings (SSSR count). The van der Waals surface area contributed by atoms with Crippen LogP contribution in [0.1, 0.15) is 15.9 Å². The highest BCUT2D eigenvalue weighted by Gasteiger charge is 2.19. The van der Waals surface area contributed by atoms with Crippen molar-refractivity contribution >= 4 is 45.2 Å². The minimum atomic E-state index is -0.105. The van der Waals surface area contributed by atoms with Gasteiger partial charge in [0.05, 0.1) is 5.56 Å². The number of ketones is 1. The van der Waals surface area contributed by atoms with Gasteiger partial charge in [-0.1, -0.05) is 12.1 Å². The fraction of sp³-hybridized carbons (Fsp3) is 0. The third kappa shape index (κ3) is 1.28. The van der Waals surface area contributed by atoms with Crippen molar-refractivity contribution in [3.8, 4) is 5.75 Å². The number of hydrogen-bond acceptors (Lipinski definition) is 2. The third-order valence-corrected chi connectivity index (χ3v) is 3.36. The molecule has 1 N–H and O–H groups in total. The van der Waals surface area contributed by atoms with Crippen molar-refractivity contribution in [1.29, 1.82) is 1.43 Å². The van der Waals surface area contributed by atoms with Crippen LogP contribution in [0.25, 0.3) is 16.8 Å². The van der Waals surface area contributed by atoms with E-state index < -0.39 is 0 Å². The molecule has 16 heavy (non-hydrogen) atoms. The van der Waals surface area contributed by atoms with Crippen LogP contribution in [0.5, 0.6) is 5.75 Å². The maximum atomic E-state index is 11.9. The van der Waals surface area contributed by atoms with Crippen LogP contribution < -0.4 is 0 Å². The van der Waals surface area contributed by atoms with Crippen LogP contribution in [-0.4, -0.2) is 12.3 Å². The molecule has 1 aliphatic rings. The van der Waals surface area contributed by atoms with Gasteiger partial charge >= 0.3 is 0 Å². The molecule has 0 aliphatic heterocycles. The number of rotatable bonds is 1. The predicted molar refractivity (Wildman–Crippen MR) is 71.7 cm³/mol. The molecule has 0 spiro atoms. The molecule has 0 saturated carbocycles. The summed E-state index contributed by atoms with van der Waals surface area (Å²) in [6.07, 6.45) is 3.34. The molecule has 1 aliphatic carbocycles. The predicted octanol–water partition coefficient (Wildman–Crippen LogP) is 3.36. The summed E-state index contributed by atoms with van der Waals surface area (Å²) in [6, 6.07) is 7.58. The normalized spacial score (nSPS) is 14.1. The van der Waals surface area contributed by atoms with Crippen molar-refractivity contribution < 1.29 is 9.90 Å². The number of halogens is 1. The van der Waals surface area contributed by atoms with E-state index in [1.54, 1.807) is 6.07 Å². The first-order valence-electron chi connectivity index (χ1n) is 5.23. The minimum absolute atomic E-state index is 0.105. The molecular formula is C13H7IO2. The fourth-order valence-electron chi connectivity index (χ4n) is 2.07. The van der Waals surface area contributed by atoms with Crippen LogP contribution in [0.2, 0.25) is 0 Å². The Kier molecular flexibility index (Phi) is 1.81. The maximum absolute atomic E-state index is 11.9. The Labute approximate surface area is 107 Å². The van der Waals surface area contributed by atoms with Crippen molar-refractivity contribution in [2.45, 2.75) is 0 Å². The van der Waals surface area contributed by atoms with E-state index in [2.05, 4.69) is 27.7 Å². The summed E-state index contributed by atoms with van der Waals surface area (Å²) in [5.74, 6) is 0.209. The first-order valence-corrected chi connectivity index (χ1v) is 5.90. The molecule has 3 heteroatoms. The zero-order valence-electron chi connectivity index (χ0n) is 9.16. The Hall–Kier alpha value is -1.36. The maximum Gasteiger partial charge on any atom is 0.293 e. The molecule has 0 atom stereocenters. The summed E-state index contributed by atoms with van der Waals surface area (Å²) in [5.41, 5.74) is 1.49. The van der Waals surface area contributed by atoms with Crippen LogP contribution in [0.15, 0.2) is 30.3 Å². The average Bonchev–Trinajstić information content (AvgIpc) is 2.33. The van der Waals surface area contributed by atoms with E-state index in [-0.39, 0.29) is 5.78 Å². The monoisotopic (exact) mass is 323 g/mol. The molecule has 0 saturated heterocycles. The van der Waals surface area contributed by atoms with Crippen LogP contribution in [0, 0.1) is 3.57 Å². The van der Waals surface area contributed by atoms with Crippen LogP contribution >= 0.6 is 22.6 Å². The lowest BCUT2D eigenvalue weighted by Gasteiger charge is -2.13. The van der Waals surface area contributed by atoms with Gasteiger partial charge in [0.2, 0.25) is 0 Å². The first-order chi connectivity index (χ1) is 8.20. The van der Waals surface area contributed by atoms with E-state index in [1.165, 1.54) is 6.08 Å². The van der Waals surface area contributed by atoms with Crippen molar-refractivity contribution in [3.63, 3.8) is 0 Å². The van der Waals surface area contributed by atoms with E-state index in [0.717, 1.165) is 19.9 Å². The van der Waals surface area contributed by atoms with Crippen LogP contribution in [0.3, 0.4) is 0 Å². The quantitative estimate of drug-likeness (QED) is 0.817. The van der Waals surface area contributed by atoms with E-state index in [4.69, 9.17) is 1.43 Å². The molecule has 0 fully saturated rings. The van der Waals surface area contributed by atoms with Gasteiger partial charge in [0.25, 0.3) is 1.43 Å². The minimum Gasteiger partial charge on any atom is -0.507 e. The van der Waals surface area contributed by atoms with Crippen LogP contribution in [-0.2, 0) is 0 Å². The molecule has 0 amide bonds. The summed E-state index contributed by atoms with van der Waals surface area (Å²) in [7, 11) is 0. The molecule has 0 aromatic heterocycles. The number of carbonyl (C=O) groups is 1. The number of aromatic hydroxyl groups is 1. The van der Waals surface area contributed by atoms with E-state index >= 15 is 0 Å². The molecule has 0 unspecified atom stereocenters. The second kappa shape index (κ2) is 3.31. The van der Waals surface area contributed by atoms with Gasteiger partial charge in [0, 0.05) is 8.96 Å². The van der Waals surface area contributed by atoms with Gasteiger partial charge in [0.1, 0.15) is 5.75 Å². The summed E-state index contributed by atoms with van der Waals surface area (Å²) in [5, 5.41) is 6.41. The second-order valence-corrected chi connectivity index (χ2v) is 4.98. The van der Waals surface area contributed by atoms with Crippen molar-refractivity contribution in [3.05, 3.63) is 45.0 Å². The zero-order chi connectivity index (χ0) is 12.0. The lowest BCUT2D eigenvalue weighted by atomic mass is 9.92. The zero-order valence-corrected chi connectivity index (χ0v) is 10.3. The van der Waals surface area contributed by atoms with Crippen molar-refractivity contribution in [1.82, 2.24) is 0 Å². The van der Waals surface area contributed by atoms with Crippen LogP contribution in [0.4, 0.5) is 0 Å². The number of carbonyl (C=O) groups excluding carboxylic acids is 1. The smallest absolute Gasteiger partial charge is 0.293 e. The molecular weight excluding hydrogens is 315 g/mol. The average molecular weight is 323 g/mol. The Balaban J connectivity index is 2.52. The Morgan fingerprint density at radius 1 is 1.25 bits per heavy atom. The van der Waals surface area contributed by atoms with Crippen molar-refractivity contribution in [2.24, 2.45) is 0 Å². The lowest BCUT2D eigenvalue weighted by Crippen LogP contribution is -2.02. The van der Waals surface area contributed by atoms with Crippen molar-refractivity contribution in [2.75, 3.05) is 0 Å². The summed E-state index contributed by atoms with van der Waals surface area (Å²) in [4.78, 5) is 11.9. The van der Waals surface area contributed by atoms with E-state index in [1.807, 2.05) is 24.3 Å². The molecule has 2 aromatic rings. The Morgan fingerprint density at radius 3 is 2.94 bits per heavy atom. The first kappa shape index (κ1) is 8.75. The number of benzene rings is 2. The largest absolute Gasteiger partial charge is 0.507 e. The highest BCUT2D eigenvalue weighted by Crippen LogP contribution is 2.35. The van der Waals surface area contributed by atoms with Gasteiger partial charge in [-0.3, -0.25) is 4.79 Å². The number of allylic oxidation sites excluding steroid dienone is 1. The van der Waals surface area contributed by atoms with E-state index in [0.29, 0.717) is 11.3 Å². The Morgan fingerprint density at radius 2 is 2.12 bits per heavy atom. The lowest BCUT2D eigenvalue weighted by molar-refractivity contribution is 0.104. The van der Waals surface area contributed by atoms with Gasteiger partial charge in [0.15, 0.2) is 5.78 Å². The third-order valence-electron chi connectivity index (χ3n) is 2.74. The Bertz CT molecular complexity index is 677. The fourth-order valence-corrected chi connectivity index (χ4v) is 2.74.